The van der Waals surface area contributed by atoms with Crippen LogP contribution in [0.1, 0.15) is 69.5 Å². The molecule has 3 nitrogen and oxygen atoms in total. The van der Waals surface area contributed by atoms with Gasteiger partial charge in [-0.05, 0) is 37.1 Å². The molecule has 0 saturated heterocycles. The first kappa shape index (κ1) is 18.4. The fourth-order valence-electron chi connectivity index (χ4n) is 4.18. The van der Waals surface area contributed by atoms with E-state index in [0.29, 0.717) is 0 Å². The minimum Gasteiger partial charge on any atom is -0.466 e. The average molecular weight is 383 g/mol. The van der Waals surface area contributed by atoms with Crippen molar-refractivity contribution in [3.05, 3.63) is 64.7 Å². The molecule has 4 rings (SSSR count). The van der Waals surface area contributed by atoms with Crippen LogP contribution < -0.4 is 4.74 Å². The largest absolute Gasteiger partial charge is 0.466 e. The van der Waals surface area contributed by atoms with E-state index in [1.165, 1.54) is 24.8 Å². The summed E-state index contributed by atoms with van der Waals surface area (Å²) in [6.45, 7) is 4.43. The summed E-state index contributed by atoms with van der Waals surface area (Å²) in [5.74, 6) is 1.00. The van der Waals surface area contributed by atoms with E-state index in [0.717, 1.165) is 41.3 Å². The van der Waals surface area contributed by atoms with E-state index in [1.807, 2.05) is 12.1 Å². The van der Waals surface area contributed by atoms with Crippen LogP contribution in [0.2, 0.25) is 5.02 Å². The summed E-state index contributed by atoms with van der Waals surface area (Å²) in [5, 5.41) is 8.01. The predicted molar refractivity (Wildman–Crippen MR) is 111 cm³/mol. The van der Waals surface area contributed by atoms with Crippen LogP contribution in [0.15, 0.2) is 53.6 Å². The minimum absolute atomic E-state index is 0.233. The highest BCUT2D eigenvalue weighted by Gasteiger charge is 2.47. The zero-order valence-electron chi connectivity index (χ0n) is 16.1. The molecule has 0 fully saturated rings. The van der Waals surface area contributed by atoms with Gasteiger partial charge in [-0.3, -0.25) is 0 Å². The molecule has 0 saturated carbocycles. The summed E-state index contributed by atoms with van der Waals surface area (Å²) < 4.78 is 6.51. The lowest BCUT2D eigenvalue weighted by Gasteiger charge is -2.46. The molecule has 4 heteroatoms. The number of hydrogen-bond acceptors (Lipinski definition) is 3. The molecule has 0 aliphatic carbocycles. The molecule has 0 N–H and O–H groups in total. The van der Waals surface area contributed by atoms with Gasteiger partial charge in [0.2, 0.25) is 0 Å². The number of rotatable bonds is 6. The van der Waals surface area contributed by atoms with Crippen molar-refractivity contribution in [2.24, 2.45) is 5.10 Å². The van der Waals surface area contributed by atoms with E-state index >= 15 is 0 Å². The molecule has 2 aliphatic heterocycles. The Bertz CT molecular complexity index is 833. The lowest BCUT2D eigenvalue weighted by atomic mass is 9.93. The molecule has 142 valence electrons. The Morgan fingerprint density at radius 1 is 1.11 bits per heavy atom. The highest BCUT2D eigenvalue weighted by Crippen LogP contribution is 2.48. The zero-order chi connectivity index (χ0) is 18.9. The Morgan fingerprint density at radius 3 is 2.67 bits per heavy atom. The highest BCUT2D eigenvalue weighted by molar-refractivity contribution is 6.30. The molecule has 2 aromatic carbocycles. The van der Waals surface area contributed by atoms with Crippen LogP contribution in [0, 0.1) is 0 Å². The molecule has 0 spiro atoms. The first-order chi connectivity index (χ1) is 13.1. The second kappa shape index (κ2) is 7.55. The monoisotopic (exact) mass is 382 g/mol. The van der Waals surface area contributed by atoms with Crippen molar-refractivity contribution in [3.8, 4) is 5.75 Å². The Kier molecular flexibility index (Phi) is 5.14. The van der Waals surface area contributed by atoms with Gasteiger partial charge in [-0.25, -0.2) is 5.01 Å². The smallest absolute Gasteiger partial charge is 0.195 e. The maximum absolute atomic E-state index is 6.51. The van der Waals surface area contributed by atoms with Crippen molar-refractivity contribution >= 4 is 17.3 Å². The number of fused-ring (bicyclic) bond motifs is 3. The average Bonchev–Trinajstić information content (AvgIpc) is 3.13. The summed E-state index contributed by atoms with van der Waals surface area (Å²) in [6.07, 6.45) is 6.79. The van der Waals surface area contributed by atoms with E-state index in [2.05, 4.69) is 55.3 Å². The van der Waals surface area contributed by atoms with E-state index < -0.39 is 5.72 Å². The molecule has 2 heterocycles. The summed E-state index contributed by atoms with van der Waals surface area (Å²) in [6, 6.07) is 16.6. The number of hydrazone groups is 1. The standard InChI is InChI=1S/C23H27ClN2O/c1-3-4-5-8-15-23(2)26-21(19-9-6-7-10-22(19)27-23)16-20(25-26)17-11-13-18(24)14-12-17/h6-7,9-14,21H,3-5,8,15-16H2,1-2H3/t21-,23+/m0/s1. The molecule has 0 unspecified atom stereocenters. The third kappa shape index (κ3) is 3.58. The summed E-state index contributed by atoms with van der Waals surface area (Å²) >= 11 is 6.07. The number of nitrogens with zero attached hydrogens (tertiary/aromatic N) is 2. The summed E-state index contributed by atoms with van der Waals surface area (Å²) in [7, 11) is 0. The molecule has 0 radical (unpaired) electrons. The van der Waals surface area contributed by atoms with Crippen molar-refractivity contribution in [2.75, 3.05) is 0 Å². The molecule has 0 amide bonds. The van der Waals surface area contributed by atoms with Gasteiger partial charge < -0.3 is 4.74 Å². The SMILES string of the molecule is CCCCCC[C@@]1(C)Oc2ccccc2[C@@H]2CC(c3ccc(Cl)cc3)=NN21. The molecule has 2 atom stereocenters. The molecule has 2 aliphatic rings. The lowest BCUT2D eigenvalue weighted by molar-refractivity contribution is -0.112. The van der Waals surface area contributed by atoms with Gasteiger partial charge in [0.15, 0.2) is 5.72 Å². The predicted octanol–water partition coefficient (Wildman–Crippen LogP) is 6.57. The van der Waals surface area contributed by atoms with Crippen molar-refractivity contribution in [1.82, 2.24) is 5.01 Å². The Labute approximate surface area is 167 Å². The third-order valence-corrected chi connectivity index (χ3v) is 5.93. The molecule has 27 heavy (non-hydrogen) atoms. The second-order valence-electron chi connectivity index (χ2n) is 7.74. The first-order valence-electron chi connectivity index (χ1n) is 10.0. The normalized spacial score (nSPS) is 23.4. The van der Waals surface area contributed by atoms with Crippen molar-refractivity contribution in [2.45, 2.75) is 64.1 Å². The second-order valence-corrected chi connectivity index (χ2v) is 8.18. The quantitative estimate of drug-likeness (QED) is 0.528. The first-order valence-corrected chi connectivity index (χ1v) is 10.4. The van der Waals surface area contributed by atoms with Crippen molar-refractivity contribution in [1.29, 1.82) is 0 Å². The minimum atomic E-state index is -0.402. The van der Waals surface area contributed by atoms with Crippen molar-refractivity contribution < 1.29 is 4.74 Å². The maximum atomic E-state index is 6.51. The summed E-state index contributed by atoms with van der Waals surface area (Å²) in [4.78, 5) is 0. The van der Waals surface area contributed by atoms with Crippen LogP contribution in [0.5, 0.6) is 5.75 Å². The number of halogens is 1. The van der Waals surface area contributed by atoms with Gasteiger partial charge in [0.05, 0.1) is 11.8 Å². The molecule has 0 aromatic heterocycles. The highest BCUT2D eigenvalue weighted by atomic mass is 35.5. The van der Waals surface area contributed by atoms with Gasteiger partial charge in [-0.2, -0.15) is 5.10 Å². The fourth-order valence-corrected chi connectivity index (χ4v) is 4.31. The van der Waals surface area contributed by atoms with Crippen LogP contribution >= 0.6 is 11.6 Å². The fraction of sp³-hybridized carbons (Fsp3) is 0.435. The number of unbranched alkanes of at least 4 members (excludes halogenated alkanes) is 3. The van der Waals surface area contributed by atoms with Crippen LogP contribution in [0.25, 0.3) is 0 Å². The molecular formula is C23H27ClN2O. The summed E-state index contributed by atoms with van der Waals surface area (Å²) in [5.41, 5.74) is 3.08. The van der Waals surface area contributed by atoms with Gasteiger partial charge in [0.25, 0.3) is 0 Å². The van der Waals surface area contributed by atoms with Gasteiger partial charge in [0.1, 0.15) is 5.75 Å². The number of benzene rings is 2. The van der Waals surface area contributed by atoms with Gasteiger partial charge in [-0.1, -0.05) is 68.1 Å². The van der Waals surface area contributed by atoms with Gasteiger partial charge >= 0.3 is 0 Å². The van der Waals surface area contributed by atoms with E-state index in [4.69, 9.17) is 21.4 Å². The third-order valence-electron chi connectivity index (χ3n) is 5.67. The van der Waals surface area contributed by atoms with Crippen LogP contribution in [0.3, 0.4) is 0 Å². The van der Waals surface area contributed by atoms with Gasteiger partial charge in [-0.15, -0.1) is 0 Å². The lowest BCUT2D eigenvalue weighted by Crippen LogP contribution is -2.51. The molecular weight excluding hydrogens is 356 g/mol. The maximum Gasteiger partial charge on any atom is 0.195 e. The Balaban J connectivity index is 1.65. The Morgan fingerprint density at radius 2 is 1.89 bits per heavy atom. The van der Waals surface area contributed by atoms with Crippen molar-refractivity contribution in [3.63, 3.8) is 0 Å². The number of para-hydroxylation sites is 1. The van der Waals surface area contributed by atoms with Crippen LogP contribution in [-0.4, -0.2) is 16.4 Å². The van der Waals surface area contributed by atoms with E-state index in [1.54, 1.807) is 0 Å². The van der Waals surface area contributed by atoms with Crippen LogP contribution in [0.4, 0.5) is 0 Å². The van der Waals surface area contributed by atoms with Gasteiger partial charge in [0, 0.05) is 23.4 Å². The Hall–Kier alpha value is -2.00. The molecule has 2 aromatic rings. The van der Waals surface area contributed by atoms with E-state index in [-0.39, 0.29) is 6.04 Å². The van der Waals surface area contributed by atoms with E-state index in [9.17, 15) is 0 Å². The van der Waals surface area contributed by atoms with Crippen LogP contribution in [-0.2, 0) is 0 Å². The zero-order valence-corrected chi connectivity index (χ0v) is 16.9. The molecule has 0 bridgehead atoms. The number of hydrogen-bond donors (Lipinski definition) is 0. The topological polar surface area (TPSA) is 24.8 Å². The number of ether oxygens (including phenoxy) is 1.